The summed E-state index contributed by atoms with van der Waals surface area (Å²) in [7, 11) is 0. The van der Waals surface area contributed by atoms with Crippen molar-refractivity contribution in [2.45, 2.75) is 50.9 Å². The molecule has 4 aliphatic carbocycles. The van der Waals surface area contributed by atoms with E-state index in [0.29, 0.717) is 18.1 Å². The van der Waals surface area contributed by atoms with Crippen molar-refractivity contribution in [3.63, 3.8) is 0 Å². The predicted molar refractivity (Wildman–Crippen MR) is 124 cm³/mol. The highest BCUT2D eigenvalue weighted by molar-refractivity contribution is 5.91. The molecule has 0 radical (unpaired) electrons. The van der Waals surface area contributed by atoms with E-state index in [9.17, 15) is 14.7 Å². The van der Waals surface area contributed by atoms with Gasteiger partial charge in [-0.3, -0.25) is 4.79 Å². The molecule has 2 aromatic rings. The van der Waals surface area contributed by atoms with Gasteiger partial charge in [0.2, 0.25) is 0 Å². The van der Waals surface area contributed by atoms with Crippen molar-refractivity contribution in [2.75, 3.05) is 6.61 Å². The highest BCUT2D eigenvalue weighted by Crippen LogP contribution is 2.62. The van der Waals surface area contributed by atoms with Crippen molar-refractivity contribution in [3.8, 4) is 11.5 Å². The Morgan fingerprint density at radius 1 is 1.00 bits per heavy atom. The number of carbonyl (C=O) groups excluding carboxylic acids is 1. The normalized spacial score (nSPS) is 29.1. The summed E-state index contributed by atoms with van der Waals surface area (Å²) >= 11 is 0. The molecule has 1 N–H and O–H groups in total. The number of hydrogen-bond acceptors (Lipinski definition) is 4. The standard InChI is InChI=1S/C28H28O5/c1-16(29)33-25-5-4-20(23-9-21-2-3-22(27(30)31)11-26(21)32-15-23)10-24(25)28-12-17-6-18(13-28)8-19(7-17)14-28/h2-5,9-11,17-19H,6-8,12-15H2,1H3,(H,30,31). The van der Waals surface area contributed by atoms with Gasteiger partial charge in [0.25, 0.3) is 0 Å². The van der Waals surface area contributed by atoms with E-state index in [1.807, 2.05) is 12.1 Å². The highest BCUT2D eigenvalue weighted by atomic mass is 16.5. The lowest BCUT2D eigenvalue weighted by molar-refractivity contribution is -0.132. The van der Waals surface area contributed by atoms with Crippen LogP contribution in [-0.4, -0.2) is 23.7 Å². The van der Waals surface area contributed by atoms with Gasteiger partial charge >= 0.3 is 11.9 Å². The molecule has 0 amide bonds. The van der Waals surface area contributed by atoms with Gasteiger partial charge in [-0.2, -0.15) is 0 Å². The van der Waals surface area contributed by atoms with Gasteiger partial charge < -0.3 is 14.6 Å². The zero-order valence-corrected chi connectivity index (χ0v) is 18.8. The minimum Gasteiger partial charge on any atom is -0.488 e. The molecule has 5 nitrogen and oxygen atoms in total. The summed E-state index contributed by atoms with van der Waals surface area (Å²) in [5.74, 6) is 2.43. The minimum absolute atomic E-state index is 0.0971. The fourth-order valence-corrected chi connectivity index (χ4v) is 7.29. The fraction of sp³-hybridized carbons (Fsp3) is 0.429. The van der Waals surface area contributed by atoms with Crippen LogP contribution >= 0.6 is 0 Å². The first-order chi connectivity index (χ1) is 15.9. The molecule has 0 atom stereocenters. The number of rotatable bonds is 4. The van der Waals surface area contributed by atoms with Crippen LogP contribution in [0.3, 0.4) is 0 Å². The number of fused-ring (bicyclic) bond motifs is 1. The number of esters is 1. The van der Waals surface area contributed by atoms with Crippen LogP contribution in [0.15, 0.2) is 36.4 Å². The molecule has 5 heteroatoms. The molecule has 0 aromatic heterocycles. The smallest absolute Gasteiger partial charge is 0.335 e. The van der Waals surface area contributed by atoms with Crippen molar-refractivity contribution >= 4 is 23.6 Å². The third-order valence-electron chi connectivity index (χ3n) is 8.19. The van der Waals surface area contributed by atoms with Crippen LogP contribution in [-0.2, 0) is 10.2 Å². The SMILES string of the molecule is CC(=O)Oc1ccc(C2=Cc3ccc(C(=O)O)cc3OC2)cc1C12CC3CC(CC(C3)C1)C2. The van der Waals surface area contributed by atoms with Crippen LogP contribution in [0.1, 0.15) is 72.5 Å². The minimum atomic E-state index is -0.961. The summed E-state index contributed by atoms with van der Waals surface area (Å²) in [6.45, 7) is 1.85. The Bertz CT molecular complexity index is 1160. The van der Waals surface area contributed by atoms with Crippen LogP contribution in [0, 0.1) is 17.8 Å². The molecule has 170 valence electrons. The van der Waals surface area contributed by atoms with Gasteiger partial charge in [-0.15, -0.1) is 0 Å². The van der Waals surface area contributed by atoms with Gasteiger partial charge in [0, 0.05) is 18.1 Å². The first-order valence-electron chi connectivity index (χ1n) is 11.9. The molecular weight excluding hydrogens is 416 g/mol. The van der Waals surface area contributed by atoms with E-state index in [1.165, 1.54) is 51.0 Å². The maximum Gasteiger partial charge on any atom is 0.335 e. The molecule has 2 aromatic carbocycles. The maximum atomic E-state index is 11.9. The summed E-state index contributed by atoms with van der Waals surface area (Å²) in [5.41, 5.74) is 4.50. The van der Waals surface area contributed by atoms with Crippen LogP contribution in [0.25, 0.3) is 11.6 Å². The Kier molecular flexibility index (Phi) is 4.65. The van der Waals surface area contributed by atoms with E-state index in [1.54, 1.807) is 18.2 Å². The number of aromatic carboxylic acids is 1. The lowest BCUT2D eigenvalue weighted by Crippen LogP contribution is -2.48. The molecule has 4 bridgehead atoms. The van der Waals surface area contributed by atoms with E-state index in [4.69, 9.17) is 9.47 Å². The highest BCUT2D eigenvalue weighted by Gasteiger charge is 2.52. The Hall–Kier alpha value is -3.08. The number of benzene rings is 2. The van der Waals surface area contributed by atoms with Crippen LogP contribution in [0.2, 0.25) is 0 Å². The zero-order valence-electron chi connectivity index (χ0n) is 18.8. The molecule has 0 saturated heterocycles. The molecule has 5 aliphatic rings. The third kappa shape index (κ3) is 3.54. The molecule has 0 spiro atoms. The monoisotopic (exact) mass is 444 g/mol. The zero-order chi connectivity index (χ0) is 22.7. The lowest BCUT2D eigenvalue weighted by Gasteiger charge is -2.57. The molecule has 1 heterocycles. The third-order valence-corrected chi connectivity index (χ3v) is 8.19. The average molecular weight is 445 g/mol. The summed E-state index contributed by atoms with van der Waals surface area (Å²) in [6, 6.07) is 11.2. The van der Waals surface area contributed by atoms with E-state index in [0.717, 1.165) is 34.5 Å². The van der Waals surface area contributed by atoms with Crippen LogP contribution < -0.4 is 9.47 Å². The first kappa shape index (κ1) is 20.5. The number of hydrogen-bond donors (Lipinski definition) is 1. The van der Waals surface area contributed by atoms with Crippen molar-refractivity contribution in [1.82, 2.24) is 0 Å². The number of carboxylic acid groups (broad SMARTS) is 1. The number of ether oxygens (including phenoxy) is 2. The van der Waals surface area contributed by atoms with E-state index in [-0.39, 0.29) is 16.9 Å². The summed E-state index contributed by atoms with van der Waals surface area (Å²) in [5, 5.41) is 9.25. The lowest BCUT2D eigenvalue weighted by atomic mass is 9.48. The first-order valence-corrected chi connectivity index (χ1v) is 11.9. The summed E-state index contributed by atoms with van der Waals surface area (Å²) in [4.78, 5) is 23.2. The quantitative estimate of drug-likeness (QED) is 0.483. The van der Waals surface area contributed by atoms with Gasteiger partial charge in [0.15, 0.2) is 0 Å². The molecular formula is C28H28O5. The van der Waals surface area contributed by atoms with E-state index in [2.05, 4.69) is 12.1 Å². The van der Waals surface area contributed by atoms with Crippen molar-refractivity contribution < 1.29 is 24.2 Å². The Labute approximate surface area is 193 Å². The summed E-state index contributed by atoms with van der Waals surface area (Å²) < 4.78 is 11.7. The molecule has 33 heavy (non-hydrogen) atoms. The van der Waals surface area contributed by atoms with Gasteiger partial charge in [-0.1, -0.05) is 12.1 Å². The molecule has 1 aliphatic heterocycles. The predicted octanol–water partition coefficient (Wildman–Crippen LogP) is 5.71. The molecule has 7 rings (SSSR count). The fourth-order valence-electron chi connectivity index (χ4n) is 7.29. The maximum absolute atomic E-state index is 11.9. The van der Waals surface area contributed by atoms with Crippen molar-refractivity contribution in [2.24, 2.45) is 17.8 Å². The number of carbonyl (C=O) groups is 2. The molecule has 4 fully saturated rings. The van der Waals surface area contributed by atoms with Gasteiger partial charge in [0.1, 0.15) is 18.1 Å². The van der Waals surface area contributed by atoms with E-state index < -0.39 is 5.97 Å². The molecule has 0 unspecified atom stereocenters. The second-order valence-electron chi connectivity index (χ2n) is 10.5. The largest absolute Gasteiger partial charge is 0.488 e. The second-order valence-corrected chi connectivity index (χ2v) is 10.5. The van der Waals surface area contributed by atoms with Crippen molar-refractivity contribution in [3.05, 3.63) is 58.7 Å². The van der Waals surface area contributed by atoms with Crippen molar-refractivity contribution in [1.29, 1.82) is 0 Å². The number of carboxylic acids is 1. The summed E-state index contributed by atoms with van der Waals surface area (Å²) in [6.07, 6.45) is 9.71. The Morgan fingerprint density at radius 2 is 1.70 bits per heavy atom. The van der Waals surface area contributed by atoms with Gasteiger partial charge in [-0.05, 0) is 103 Å². The Balaban J connectivity index is 1.41. The second kappa shape index (κ2) is 7.47. The average Bonchev–Trinajstić information content (AvgIpc) is 2.77. The Morgan fingerprint density at radius 3 is 2.33 bits per heavy atom. The topological polar surface area (TPSA) is 72.8 Å². The van der Waals surface area contributed by atoms with E-state index >= 15 is 0 Å². The van der Waals surface area contributed by atoms with Gasteiger partial charge in [0.05, 0.1) is 5.56 Å². The van der Waals surface area contributed by atoms with Gasteiger partial charge in [-0.25, -0.2) is 4.79 Å². The van der Waals surface area contributed by atoms with Crippen LogP contribution in [0.5, 0.6) is 11.5 Å². The molecule has 4 saturated carbocycles. The van der Waals surface area contributed by atoms with Crippen LogP contribution in [0.4, 0.5) is 0 Å².